The standard InChI is InChI=1S/C16H21F2N3O2/c1-10(2)20-15(22)8-14-16(23)19-5-6-21(14)9-11-3-4-12(17)13(18)7-11/h3-4,7,10,14H,5-6,8-9H2,1-2H3,(H,19,23)(H,20,22)/t14-/m1/s1. The number of halogens is 2. The van der Waals surface area contributed by atoms with Crippen molar-refractivity contribution in [1.82, 2.24) is 15.5 Å². The van der Waals surface area contributed by atoms with Crippen LogP contribution >= 0.6 is 0 Å². The van der Waals surface area contributed by atoms with Gasteiger partial charge >= 0.3 is 0 Å². The van der Waals surface area contributed by atoms with E-state index in [-0.39, 0.29) is 30.8 Å². The van der Waals surface area contributed by atoms with E-state index in [2.05, 4.69) is 10.6 Å². The van der Waals surface area contributed by atoms with E-state index >= 15 is 0 Å². The van der Waals surface area contributed by atoms with Crippen LogP contribution in [0.5, 0.6) is 0 Å². The maximum atomic E-state index is 13.3. The Balaban J connectivity index is 2.08. The fourth-order valence-electron chi connectivity index (χ4n) is 2.60. The van der Waals surface area contributed by atoms with Crippen molar-refractivity contribution in [3.63, 3.8) is 0 Å². The first-order valence-electron chi connectivity index (χ1n) is 7.62. The summed E-state index contributed by atoms with van der Waals surface area (Å²) in [5, 5.41) is 5.49. The van der Waals surface area contributed by atoms with Gasteiger partial charge in [0.1, 0.15) is 0 Å². The molecule has 1 aliphatic heterocycles. The Kier molecular flexibility index (Phi) is 5.65. The molecule has 23 heavy (non-hydrogen) atoms. The maximum absolute atomic E-state index is 13.3. The molecule has 0 aromatic heterocycles. The van der Waals surface area contributed by atoms with E-state index < -0.39 is 17.7 Å². The number of hydrogen-bond acceptors (Lipinski definition) is 3. The molecular formula is C16H21F2N3O2. The third-order valence-corrected chi connectivity index (χ3v) is 3.64. The molecule has 126 valence electrons. The number of benzene rings is 1. The second-order valence-corrected chi connectivity index (χ2v) is 5.95. The third kappa shape index (κ3) is 4.72. The van der Waals surface area contributed by atoms with Crippen LogP contribution in [0.1, 0.15) is 25.8 Å². The average molecular weight is 325 g/mol. The Hall–Kier alpha value is -2.02. The van der Waals surface area contributed by atoms with Crippen molar-refractivity contribution in [3.8, 4) is 0 Å². The summed E-state index contributed by atoms with van der Waals surface area (Å²) < 4.78 is 26.3. The summed E-state index contributed by atoms with van der Waals surface area (Å²) in [6.45, 7) is 4.98. The van der Waals surface area contributed by atoms with Gasteiger partial charge in [0.05, 0.1) is 12.5 Å². The van der Waals surface area contributed by atoms with Crippen LogP contribution in [-0.4, -0.2) is 41.9 Å². The van der Waals surface area contributed by atoms with Gasteiger partial charge in [-0.15, -0.1) is 0 Å². The first-order chi connectivity index (χ1) is 10.9. The average Bonchev–Trinajstić information content (AvgIpc) is 2.46. The van der Waals surface area contributed by atoms with Crippen LogP contribution in [0, 0.1) is 11.6 Å². The zero-order chi connectivity index (χ0) is 17.0. The Bertz CT molecular complexity index is 593. The fraction of sp³-hybridized carbons (Fsp3) is 0.500. The van der Waals surface area contributed by atoms with Crippen molar-refractivity contribution in [2.24, 2.45) is 0 Å². The van der Waals surface area contributed by atoms with Gasteiger partial charge in [0.2, 0.25) is 11.8 Å². The lowest BCUT2D eigenvalue weighted by atomic mass is 10.1. The molecular weight excluding hydrogens is 304 g/mol. The van der Waals surface area contributed by atoms with E-state index in [0.29, 0.717) is 18.7 Å². The molecule has 1 aromatic carbocycles. The molecule has 1 atom stereocenters. The van der Waals surface area contributed by atoms with Crippen LogP contribution in [0.4, 0.5) is 8.78 Å². The minimum atomic E-state index is -0.918. The molecule has 1 saturated heterocycles. The number of hydrogen-bond donors (Lipinski definition) is 2. The van der Waals surface area contributed by atoms with Gasteiger partial charge in [-0.2, -0.15) is 0 Å². The van der Waals surface area contributed by atoms with Gasteiger partial charge in [-0.1, -0.05) is 6.07 Å². The molecule has 1 aromatic rings. The molecule has 0 radical (unpaired) electrons. The number of carbonyl (C=O) groups is 2. The fourth-order valence-corrected chi connectivity index (χ4v) is 2.60. The molecule has 0 unspecified atom stereocenters. The smallest absolute Gasteiger partial charge is 0.237 e. The monoisotopic (exact) mass is 325 g/mol. The quantitative estimate of drug-likeness (QED) is 0.855. The number of piperazine rings is 1. The van der Waals surface area contributed by atoms with Crippen LogP contribution in [0.3, 0.4) is 0 Å². The zero-order valence-corrected chi connectivity index (χ0v) is 13.2. The molecule has 0 aliphatic carbocycles. The van der Waals surface area contributed by atoms with E-state index in [1.165, 1.54) is 6.07 Å². The lowest BCUT2D eigenvalue weighted by molar-refractivity contribution is -0.134. The lowest BCUT2D eigenvalue weighted by Crippen LogP contribution is -2.56. The van der Waals surface area contributed by atoms with E-state index in [9.17, 15) is 18.4 Å². The van der Waals surface area contributed by atoms with Gasteiger partial charge in [-0.05, 0) is 31.5 Å². The molecule has 0 saturated carbocycles. The Morgan fingerprint density at radius 3 is 2.78 bits per heavy atom. The molecule has 2 amide bonds. The van der Waals surface area contributed by atoms with E-state index in [0.717, 1.165) is 12.1 Å². The number of amides is 2. The Labute approximate surface area is 134 Å². The summed E-state index contributed by atoms with van der Waals surface area (Å²) in [6.07, 6.45) is 0.0354. The summed E-state index contributed by atoms with van der Waals surface area (Å²) in [7, 11) is 0. The van der Waals surface area contributed by atoms with Crippen molar-refractivity contribution in [2.45, 2.75) is 38.9 Å². The van der Waals surface area contributed by atoms with Crippen LogP contribution in [-0.2, 0) is 16.1 Å². The molecule has 0 spiro atoms. The van der Waals surface area contributed by atoms with Crippen LogP contribution < -0.4 is 10.6 Å². The second kappa shape index (κ2) is 7.50. The normalized spacial score (nSPS) is 18.8. The highest BCUT2D eigenvalue weighted by Crippen LogP contribution is 2.16. The largest absolute Gasteiger partial charge is 0.354 e. The highest BCUT2D eigenvalue weighted by molar-refractivity contribution is 5.88. The highest BCUT2D eigenvalue weighted by Gasteiger charge is 2.31. The SMILES string of the molecule is CC(C)NC(=O)C[C@@H]1C(=O)NCCN1Cc1ccc(F)c(F)c1. The minimum Gasteiger partial charge on any atom is -0.354 e. The van der Waals surface area contributed by atoms with E-state index in [4.69, 9.17) is 0 Å². The van der Waals surface area contributed by atoms with Gasteiger partial charge in [0.15, 0.2) is 11.6 Å². The first-order valence-corrected chi connectivity index (χ1v) is 7.62. The zero-order valence-electron chi connectivity index (χ0n) is 13.2. The van der Waals surface area contributed by atoms with Crippen LogP contribution in [0.25, 0.3) is 0 Å². The molecule has 1 fully saturated rings. The number of rotatable bonds is 5. The number of nitrogens with one attached hydrogen (secondary N) is 2. The van der Waals surface area contributed by atoms with Crippen LogP contribution in [0.2, 0.25) is 0 Å². The highest BCUT2D eigenvalue weighted by atomic mass is 19.2. The molecule has 1 heterocycles. The number of carbonyl (C=O) groups excluding carboxylic acids is 2. The molecule has 0 bridgehead atoms. The maximum Gasteiger partial charge on any atom is 0.237 e. The predicted octanol–water partition coefficient (Wildman–Crippen LogP) is 1.18. The Morgan fingerprint density at radius 2 is 2.13 bits per heavy atom. The molecule has 2 N–H and O–H groups in total. The van der Waals surface area contributed by atoms with Crippen molar-refractivity contribution >= 4 is 11.8 Å². The molecule has 1 aliphatic rings. The first kappa shape index (κ1) is 17.3. The summed E-state index contributed by atoms with van der Waals surface area (Å²) in [5.41, 5.74) is 0.563. The Morgan fingerprint density at radius 1 is 1.39 bits per heavy atom. The molecule has 2 rings (SSSR count). The van der Waals surface area contributed by atoms with Crippen LogP contribution in [0.15, 0.2) is 18.2 Å². The molecule has 7 heteroatoms. The predicted molar refractivity (Wildman–Crippen MR) is 81.5 cm³/mol. The van der Waals surface area contributed by atoms with Crippen molar-refractivity contribution in [2.75, 3.05) is 13.1 Å². The molecule has 5 nitrogen and oxygen atoms in total. The van der Waals surface area contributed by atoms with E-state index in [1.54, 1.807) is 0 Å². The summed E-state index contributed by atoms with van der Waals surface area (Å²) in [6, 6.07) is 3.04. The van der Waals surface area contributed by atoms with Gasteiger partial charge in [0, 0.05) is 25.7 Å². The lowest BCUT2D eigenvalue weighted by Gasteiger charge is -2.34. The minimum absolute atomic E-state index is 0.00574. The van der Waals surface area contributed by atoms with Crippen molar-refractivity contribution < 1.29 is 18.4 Å². The van der Waals surface area contributed by atoms with Gasteiger partial charge in [-0.25, -0.2) is 8.78 Å². The number of nitrogens with zero attached hydrogens (tertiary/aromatic N) is 1. The second-order valence-electron chi connectivity index (χ2n) is 5.95. The van der Waals surface area contributed by atoms with E-state index in [1.807, 2.05) is 18.7 Å². The third-order valence-electron chi connectivity index (χ3n) is 3.64. The van der Waals surface area contributed by atoms with Crippen molar-refractivity contribution in [1.29, 1.82) is 0 Å². The summed E-state index contributed by atoms with van der Waals surface area (Å²) >= 11 is 0. The summed E-state index contributed by atoms with van der Waals surface area (Å²) in [4.78, 5) is 25.8. The van der Waals surface area contributed by atoms with Gasteiger partial charge in [0.25, 0.3) is 0 Å². The topological polar surface area (TPSA) is 61.4 Å². The van der Waals surface area contributed by atoms with Gasteiger partial charge in [-0.3, -0.25) is 14.5 Å². The van der Waals surface area contributed by atoms with Crippen molar-refractivity contribution in [3.05, 3.63) is 35.4 Å². The van der Waals surface area contributed by atoms with Gasteiger partial charge < -0.3 is 10.6 Å². The summed E-state index contributed by atoms with van der Waals surface area (Å²) in [5.74, 6) is -2.26.